The van der Waals surface area contributed by atoms with Gasteiger partial charge in [0.25, 0.3) is 0 Å². The van der Waals surface area contributed by atoms with Crippen molar-refractivity contribution in [2.75, 3.05) is 20.0 Å². The van der Waals surface area contributed by atoms with Gasteiger partial charge in [-0.15, -0.1) is 0 Å². The Balaban J connectivity index is 1.44. The molecule has 7 aromatic rings. The Labute approximate surface area is 250 Å². The van der Waals surface area contributed by atoms with Gasteiger partial charge in [-0.25, -0.2) is 0 Å². The lowest BCUT2D eigenvalue weighted by molar-refractivity contribution is 0.415. The highest BCUT2D eigenvalue weighted by Gasteiger charge is 2.13. The van der Waals surface area contributed by atoms with Crippen LogP contribution in [0.25, 0.3) is 43.1 Å². The Morgan fingerprint density at radius 2 is 0.930 bits per heavy atom. The van der Waals surface area contributed by atoms with Gasteiger partial charge in [0.2, 0.25) is 0 Å². The van der Waals surface area contributed by atoms with Crippen LogP contribution in [0.4, 0.5) is 5.69 Å². The first-order valence-electron chi connectivity index (χ1n) is 14.0. The minimum atomic E-state index is 0.685. The quantitative estimate of drug-likeness (QED) is 0.132. The fourth-order valence-electron chi connectivity index (χ4n) is 5.72. The van der Waals surface area contributed by atoms with Crippen molar-refractivity contribution in [1.29, 1.82) is 0 Å². The third kappa shape index (κ3) is 4.74. The molecule has 0 atom stereocenters. The molecule has 0 unspecified atom stereocenters. The molecule has 3 nitrogen and oxygen atoms in total. The fourth-order valence-corrected chi connectivity index (χ4v) is 5.72. The summed E-state index contributed by atoms with van der Waals surface area (Å²) in [5.41, 5.74) is 10.8. The second-order valence-corrected chi connectivity index (χ2v) is 10.4. The molecule has 204 valence electrons. The van der Waals surface area contributed by atoms with Gasteiger partial charge < -0.3 is 15.2 Å². The Hall–Kier alpha value is -5.90. The summed E-state index contributed by atoms with van der Waals surface area (Å²) in [6, 6.07) is 38.8. The summed E-state index contributed by atoms with van der Waals surface area (Å²) in [7, 11) is 3.36. The Kier molecular flexibility index (Phi) is 6.55. The van der Waals surface area contributed by atoms with Crippen LogP contribution in [0.1, 0.15) is 22.3 Å². The molecule has 7 aromatic carbocycles. The van der Waals surface area contributed by atoms with E-state index in [4.69, 9.17) is 15.2 Å². The van der Waals surface area contributed by atoms with Gasteiger partial charge >= 0.3 is 0 Å². The van der Waals surface area contributed by atoms with Crippen LogP contribution < -0.4 is 15.2 Å². The van der Waals surface area contributed by atoms with E-state index >= 15 is 0 Å². The van der Waals surface area contributed by atoms with Crippen molar-refractivity contribution in [3.8, 4) is 35.2 Å². The maximum atomic E-state index is 6.34. The van der Waals surface area contributed by atoms with Gasteiger partial charge in [0, 0.05) is 33.3 Å². The van der Waals surface area contributed by atoms with E-state index in [1.54, 1.807) is 14.2 Å². The van der Waals surface area contributed by atoms with Gasteiger partial charge in [-0.3, -0.25) is 0 Å². The van der Waals surface area contributed by atoms with Crippen molar-refractivity contribution >= 4 is 48.8 Å². The molecule has 0 aliphatic heterocycles. The summed E-state index contributed by atoms with van der Waals surface area (Å²) in [6.07, 6.45) is 0. The first kappa shape index (κ1) is 26.0. The monoisotopic (exact) mass is 553 g/mol. The summed E-state index contributed by atoms with van der Waals surface area (Å²) in [5, 5.41) is 8.45. The minimum Gasteiger partial charge on any atom is -0.497 e. The second kappa shape index (κ2) is 10.8. The number of benzene rings is 7. The molecule has 0 radical (unpaired) electrons. The van der Waals surface area contributed by atoms with Crippen LogP contribution in [0, 0.1) is 23.7 Å². The standard InChI is InChI=1S/C40H27NO2/c1-42-31-16-21-33-26(7-5-9-28(33)23-31)13-18-37-35-11-3-4-12-36(35)38(40-25-30(41)15-20-39(37)40)19-14-27-8-6-10-29-24-32(43-2)17-22-34(27)29/h3-12,15-17,20-25H,41H2,1-2H3. The van der Waals surface area contributed by atoms with Crippen LogP contribution in [0.3, 0.4) is 0 Å². The summed E-state index contributed by atoms with van der Waals surface area (Å²) < 4.78 is 10.8. The van der Waals surface area contributed by atoms with Gasteiger partial charge in [0.15, 0.2) is 0 Å². The number of anilines is 1. The van der Waals surface area contributed by atoms with Crippen LogP contribution in [0.5, 0.6) is 11.5 Å². The lowest BCUT2D eigenvalue weighted by atomic mass is 9.91. The summed E-state index contributed by atoms with van der Waals surface area (Å²) >= 11 is 0. The van der Waals surface area contributed by atoms with E-state index in [2.05, 4.69) is 84.3 Å². The van der Waals surface area contributed by atoms with Crippen molar-refractivity contribution in [2.45, 2.75) is 0 Å². The number of fused-ring (bicyclic) bond motifs is 4. The predicted octanol–water partition coefficient (Wildman–Crippen LogP) is 8.70. The summed E-state index contributed by atoms with van der Waals surface area (Å²) in [4.78, 5) is 0. The smallest absolute Gasteiger partial charge is 0.119 e. The molecule has 0 saturated heterocycles. The first-order chi connectivity index (χ1) is 21.1. The van der Waals surface area contributed by atoms with Crippen LogP contribution in [0.2, 0.25) is 0 Å². The summed E-state index contributed by atoms with van der Waals surface area (Å²) in [6.45, 7) is 0. The van der Waals surface area contributed by atoms with E-state index in [0.717, 1.165) is 76.8 Å². The molecule has 2 N–H and O–H groups in total. The highest BCUT2D eigenvalue weighted by atomic mass is 16.5. The molecule has 0 heterocycles. The molecule has 0 saturated carbocycles. The van der Waals surface area contributed by atoms with Gasteiger partial charge in [0.05, 0.1) is 14.2 Å². The zero-order valence-corrected chi connectivity index (χ0v) is 23.9. The van der Waals surface area contributed by atoms with Crippen molar-refractivity contribution in [3.05, 3.63) is 138 Å². The largest absolute Gasteiger partial charge is 0.497 e. The maximum Gasteiger partial charge on any atom is 0.119 e. The van der Waals surface area contributed by atoms with Crippen molar-refractivity contribution in [2.24, 2.45) is 0 Å². The first-order valence-corrected chi connectivity index (χ1v) is 14.0. The van der Waals surface area contributed by atoms with Crippen molar-refractivity contribution in [3.63, 3.8) is 0 Å². The molecule has 0 aliphatic carbocycles. The molecule has 0 spiro atoms. The third-order valence-corrected chi connectivity index (χ3v) is 7.87. The highest BCUT2D eigenvalue weighted by molar-refractivity contribution is 6.10. The number of hydrogen-bond donors (Lipinski definition) is 1. The van der Waals surface area contributed by atoms with E-state index in [1.807, 2.05) is 54.6 Å². The van der Waals surface area contributed by atoms with Gasteiger partial charge in [0.1, 0.15) is 11.5 Å². The van der Waals surface area contributed by atoms with Gasteiger partial charge in [-0.05, 0) is 98.4 Å². The summed E-state index contributed by atoms with van der Waals surface area (Å²) in [5.74, 6) is 15.7. The van der Waals surface area contributed by atoms with E-state index < -0.39 is 0 Å². The lowest BCUT2D eigenvalue weighted by Gasteiger charge is -2.11. The molecular formula is C40H27NO2. The Bertz CT molecular complexity index is 2350. The average Bonchev–Trinajstić information content (AvgIpc) is 3.05. The van der Waals surface area contributed by atoms with Crippen LogP contribution in [-0.4, -0.2) is 14.2 Å². The number of methoxy groups -OCH3 is 2. The van der Waals surface area contributed by atoms with E-state index in [-0.39, 0.29) is 0 Å². The number of rotatable bonds is 2. The molecule has 0 amide bonds. The molecule has 3 heteroatoms. The van der Waals surface area contributed by atoms with E-state index in [9.17, 15) is 0 Å². The fraction of sp³-hybridized carbons (Fsp3) is 0.0500. The molecule has 43 heavy (non-hydrogen) atoms. The van der Waals surface area contributed by atoms with Crippen LogP contribution in [0.15, 0.2) is 115 Å². The number of nitrogens with two attached hydrogens (primary N) is 1. The number of hydrogen-bond acceptors (Lipinski definition) is 3. The second-order valence-electron chi connectivity index (χ2n) is 10.4. The average molecular weight is 554 g/mol. The van der Waals surface area contributed by atoms with E-state index in [0.29, 0.717) is 5.69 Å². The Morgan fingerprint density at radius 1 is 0.442 bits per heavy atom. The highest BCUT2D eigenvalue weighted by Crippen LogP contribution is 2.34. The Morgan fingerprint density at radius 3 is 1.47 bits per heavy atom. The topological polar surface area (TPSA) is 44.5 Å². The number of ether oxygens (including phenoxy) is 2. The zero-order chi connectivity index (χ0) is 29.3. The van der Waals surface area contributed by atoms with Crippen molar-refractivity contribution in [1.82, 2.24) is 0 Å². The molecule has 0 aromatic heterocycles. The minimum absolute atomic E-state index is 0.685. The lowest BCUT2D eigenvalue weighted by Crippen LogP contribution is -1.93. The zero-order valence-electron chi connectivity index (χ0n) is 23.9. The third-order valence-electron chi connectivity index (χ3n) is 7.87. The SMILES string of the molecule is COc1ccc2c(C#Cc3c4ccccc4c(C#Cc4cccc5cc(OC)ccc45)c4cc(N)ccc34)cccc2c1. The molecule has 0 aliphatic rings. The predicted molar refractivity (Wildman–Crippen MR) is 179 cm³/mol. The molecule has 7 rings (SSSR count). The number of nitrogen functional groups attached to an aromatic ring is 1. The van der Waals surface area contributed by atoms with Crippen molar-refractivity contribution < 1.29 is 9.47 Å². The van der Waals surface area contributed by atoms with Crippen LogP contribution >= 0.6 is 0 Å². The van der Waals surface area contributed by atoms with E-state index in [1.165, 1.54) is 0 Å². The maximum absolute atomic E-state index is 6.34. The molecule has 0 fully saturated rings. The molecular weight excluding hydrogens is 526 g/mol. The van der Waals surface area contributed by atoms with Crippen LogP contribution in [-0.2, 0) is 0 Å². The molecule has 0 bridgehead atoms. The van der Waals surface area contributed by atoms with Gasteiger partial charge in [-0.2, -0.15) is 0 Å². The van der Waals surface area contributed by atoms with Gasteiger partial charge in [-0.1, -0.05) is 78.3 Å². The normalized spacial score (nSPS) is 10.7.